The lowest BCUT2D eigenvalue weighted by Gasteiger charge is -2.47. The normalized spacial score (nSPS) is 27.2. The monoisotopic (exact) mass is 491 g/mol. The Bertz CT molecular complexity index is 890. The summed E-state index contributed by atoms with van der Waals surface area (Å²) in [5.74, 6) is 0.308. The molecule has 3 aliphatic rings. The molecular weight excluding hydrogens is 459 g/mol. The minimum Gasteiger partial charge on any atom is -0.473 e. The summed E-state index contributed by atoms with van der Waals surface area (Å²) in [4.78, 5) is 9.90. The number of hydrogen-bond acceptors (Lipinski definition) is 7. The first-order chi connectivity index (χ1) is 15.5. The van der Waals surface area contributed by atoms with E-state index in [1.807, 2.05) is 4.90 Å². The third-order valence-corrected chi connectivity index (χ3v) is 8.22. The van der Waals surface area contributed by atoms with Crippen LogP contribution in [0.1, 0.15) is 57.8 Å². The Balaban J connectivity index is 1.17. The van der Waals surface area contributed by atoms with Crippen LogP contribution in [0.2, 0.25) is 0 Å². The second-order valence-electron chi connectivity index (χ2n) is 9.72. The van der Waals surface area contributed by atoms with Gasteiger partial charge < -0.3 is 14.4 Å². The number of rotatable bonds is 7. The van der Waals surface area contributed by atoms with Crippen molar-refractivity contribution in [2.45, 2.75) is 87.3 Å². The maximum atomic E-state index is 13.4. The van der Waals surface area contributed by atoms with E-state index >= 15 is 0 Å². The zero-order chi connectivity index (χ0) is 23.7. The van der Waals surface area contributed by atoms with E-state index in [0.717, 1.165) is 44.8 Å². The molecule has 3 fully saturated rings. The predicted octanol–water partition coefficient (Wildman–Crippen LogP) is 3.78. The van der Waals surface area contributed by atoms with Crippen molar-refractivity contribution in [3.05, 3.63) is 12.4 Å². The summed E-state index contributed by atoms with van der Waals surface area (Å²) in [5, 5.41) is -0.0840. The van der Waals surface area contributed by atoms with Gasteiger partial charge in [-0.3, -0.25) is 0 Å². The first kappa shape index (κ1) is 24.7. The van der Waals surface area contributed by atoms with Crippen LogP contribution in [-0.2, 0) is 14.6 Å². The Hall–Kier alpha value is -1.46. The summed E-state index contributed by atoms with van der Waals surface area (Å²) < 4.78 is 75.4. The summed E-state index contributed by atoms with van der Waals surface area (Å²) >= 11 is 0. The van der Waals surface area contributed by atoms with Crippen LogP contribution >= 0.6 is 0 Å². The van der Waals surface area contributed by atoms with Gasteiger partial charge in [0, 0.05) is 25.9 Å². The van der Waals surface area contributed by atoms with Crippen LogP contribution < -0.4 is 4.74 Å². The molecule has 186 valence electrons. The third-order valence-electron chi connectivity index (χ3n) is 7.25. The van der Waals surface area contributed by atoms with Gasteiger partial charge in [0.15, 0.2) is 14.9 Å². The summed E-state index contributed by atoms with van der Waals surface area (Å²) in [6.07, 6.45) is 5.72. The first-order valence-corrected chi connectivity index (χ1v) is 13.6. The molecule has 0 unspecified atom stereocenters. The molecule has 0 N–H and O–H groups in total. The van der Waals surface area contributed by atoms with E-state index in [4.69, 9.17) is 9.47 Å². The van der Waals surface area contributed by atoms with Gasteiger partial charge in [0.1, 0.15) is 6.10 Å². The molecule has 33 heavy (non-hydrogen) atoms. The van der Waals surface area contributed by atoms with E-state index in [1.54, 1.807) is 0 Å². The van der Waals surface area contributed by atoms with Crippen molar-refractivity contribution < 1.29 is 31.1 Å². The second kappa shape index (κ2) is 9.65. The lowest BCUT2D eigenvalue weighted by Crippen LogP contribution is -2.53. The molecule has 4 rings (SSSR count). The Kier molecular flexibility index (Phi) is 7.21. The fraction of sp³-hybridized carbons (Fsp3) is 0.818. The average Bonchev–Trinajstić information content (AvgIpc) is 2.72. The molecule has 1 aromatic rings. The molecule has 7 nitrogen and oxygen atoms in total. The van der Waals surface area contributed by atoms with Crippen molar-refractivity contribution in [1.29, 1.82) is 0 Å². The molecule has 0 atom stereocenters. The number of ether oxygens (including phenoxy) is 2. The van der Waals surface area contributed by atoms with Gasteiger partial charge in [0.05, 0.1) is 30.0 Å². The molecule has 0 amide bonds. The van der Waals surface area contributed by atoms with Crippen LogP contribution in [0.25, 0.3) is 0 Å². The van der Waals surface area contributed by atoms with Gasteiger partial charge in [-0.05, 0) is 51.4 Å². The smallest absolute Gasteiger partial charge is 0.395 e. The van der Waals surface area contributed by atoms with Crippen molar-refractivity contribution in [2.24, 2.45) is 5.41 Å². The maximum absolute atomic E-state index is 13.4. The highest BCUT2D eigenvalue weighted by molar-refractivity contribution is 7.90. The van der Waals surface area contributed by atoms with Crippen molar-refractivity contribution in [2.75, 3.05) is 25.9 Å². The molecule has 0 radical (unpaired) electrons. The number of hydrogen-bond donors (Lipinski definition) is 0. The van der Waals surface area contributed by atoms with Gasteiger partial charge in [0.25, 0.3) is 0 Å². The molecule has 0 aromatic carbocycles. The molecule has 2 aliphatic carbocycles. The zero-order valence-electron chi connectivity index (χ0n) is 18.9. The number of likely N-dealkylation sites (tertiary alicyclic amines) is 1. The van der Waals surface area contributed by atoms with Crippen molar-refractivity contribution >= 4 is 9.84 Å². The fourth-order valence-electron chi connectivity index (χ4n) is 5.05. The molecule has 0 spiro atoms. The highest BCUT2D eigenvalue weighted by Gasteiger charge is 2.58. The maximum Gasteiger partial charge on any atom is 0.395 e. The molecule has 11 heteroatoms. The topological polar surface area (TPSA) is 81.6 Å². The molecule has 2 saturated carbocycles. The zero-order valence-corrected chi connectivity index (χ0v) is 19.7. The van der Waals surface area contributed by atoms with Crippen LogP contribution in [0, 0.1) is 5.41 Å². The number of aromatic nitrogens is 2. The molecule has 1 aliphatic heterocycles. The van der Waals surface area contributed by atoms with Crippen LogP contribution in [0.5, 0.6) is 5.88 Å². The van der Waals surface area contributed by atoms with Crippen LogP contribution in [0.15, 0.2) is 17.4 Å². The molecule has 2 heterocycles. The largest absolute Gasteiger partial charge is 0.473 e. The van der Waals surface area contributed by atoms with Gasteiger partial charge in [-0.15, -0.1) is 0 Å². The lowest BCUT2D eigenvalue weighted by atomic mass is 9.67. The highest BCUT2D eigenvalue weighted by atomic mass is 32.2. The lowest BCUT2D eigenvalue weighted by molar-refractivity contribution is -0.257. The number of nitrogens with zero attached hydrogens (tertiary/aromatic N) is 3. The highest BCUT2D eigenvalue weighted by Crippen LogP contribution is 2.53. The van der Waals surface area contributed by atoms with E-state index in [1.165, 1.54) is 12.4 Å². The molecular formula is C22H32F3N3O4S. The van der Waals surface area contributed by atoms with Crippen LogP contribution in [0.4, 0.5) is 13.2 Å². The third kappa shape index (κ3) is 5.97. The van der Waals surface area contributed by atoms with Gasteiger partial charge in [-0.1, -0.05) is 6.42 Å². The Morgan fingerprint density at radius 1 is 1.00 bits per heavy atom. The fourth-order valence-corrected chi connectivity index (χ4v) is 5.54. The number of halogens is 3. The quantitative estimate of drug-likeness (QED) is 0.574. The van der Waals surface area contributed by atoms with E-state index < -0.39 is 21.4 Å². The number of piperidine rings is 1. The molecule has 1 aromatic heterocycles. The van der Waals surface area contributed by atoms with Gasteiger partial charge in [-0.25, -0.2) is 18.4 Å². The SMILES string of the molecule is CS(=O)(=O)c1cnc(O[C@H]2CC[C@H](OC3CCN(CC4(C(F)(F)F)CCC4)CC3)CC2)cn1. The predicted molar refractivity (Wildman–Crippen MR) is 115 cm³/mol. The van der Waals surface area contributed by atoms with E-state index in [9.17, 15) is 21.6 Å². The van der Waals surface area contributed by atoms with Gasteiger partial charge >= 0.3 is 6.18 Å². The van der Waals surface area contributed by atoms with Crippen molar-refractivity contribution in [3.63, 3.8) is 0 Å². The number of sulfone groups is 1. The van der Waals surface area contributed by atoms with E-state index in [0.29, 0.717) is 25.4 Å². The van der Waals surface area contributed by atoms with Gasteiger partial charge in [-0.2, -0.15) is 13.2 Å². The van der Waals surface area contributed by atoms with Crippen molar-refractivity contribution in [1.82, 2.24) is 14.9 Å². The summed E-state index contributed by atoms with van der Waals surface area (Å²) in [7, 11) is -3.39. The molecule has 0 bridgehead atoms. The Morgan fingerprint density at radius 2 is 1.61 bits per heavy atom. The molecule has 1 saturated heterocycles. The summed E-state index contributed by atoms with van der Waals surface area (Å²) in [6.45, 7) is 1.44. The van der Waals surface area contributed by atoms with E-state index in [-0.39, 0.29) is 42.7 Å². The number of alkyl halides is 3. The standard InChI is InChI=1S/C22H32F3N3O4S/c1-33(29,30)20-14-26-19(13-27-20)32-17-5-3-16(4-6-17)31-18-7-11-28(12-8-18)15-21(9-2-10-21)22(23,24)25/h13-14,16-18H,2-12,15H2,1H3/t16-,17-. The minimum absolute atomic E-state index is 0.0221. The Labute approximate surface area is 193 Å². The second-order valence-corrected chi connectivity index (χ2v) is 11.7. The summed E-state index contributed by atoms with van der Waals surface area (Å²) in [5.41, 5.74) is -1.49. The summed E-state index contributed by atoms with van der Waals surface area (Å²) in [6, 6.07) is 0. The Morgan fingerprint density at radius 3 is 2.09 bits per heavy atom. The van der Waals surface area contributed by atoms with Crippen molar-refractivity contribution in [3.8, 4) is 5.88 Å². The first-order valence-electron chi connectivity index (χ1n) is 11.7. The van der Waals surface area contributed by atoms with Crippen LogP contribution in [-0.4, -0.2) is 73.7 Å². The van der Waals surface area contributed by atoms with E-state index in [2.05, 4.69) is 9.97 Å². The van der Waals surface area contributed by atoms with Crippen LogP contribution in [0.3, 0.4) is 0 Å². The van der Waals surface area contributed by atoms with Gasteiger partial charge in [0.2, 0.25) is 5.88 Å². The average molecular weight is 492 g/mol. The minimum atomic E-state index is -4.11.